The SMILES string of the molecule is COc1ccc2c(c1)C(C)(C)CCC2=O. The Labute approximate surface area is 90.3 Å². The van der Waals surface area contributed by atoms with E-state index in [1.165, 1.54) is 0 Å². The number of rotatable bonds is 1. The molecule has 2 heteroatoms. The van der Waals surface area contributed by atoms with Gasteiger partial charge in [-0.05, 0) is 35.6 Å². The number of Topliss-reactive ketones (excluding diaryl/α,β-unsaturated/α-hetero) is 1. The van der Waals surface area contributed by atoms with Gasteiger partial charge in [0.25, 0.3) is 0 Å². The number of benzene rings is 1. The molecule has 0 N–H and O–H groups in total. The molecule has 0 bridgehead atoms. The van der Waals surface area contributed by atoms with Crippen LogP contribution in [0.15, 0.2) is 18.2 Å². The van der Waals surface area contributed by atoms with Crippen molar-refractivity contribution in [1.29, 1.82) is 0 Å². The maximum Gasteiger partial charge on any atom is 0.163 e. The summed E-state index contributed by atoms with van der Waals surface area (Å²) in [5, 5.41) is 0. The van der Waals surface area contributed by atoms with Crippen molar-refractivity contribution in [2.45, 2.75) is 32.1 Å². The molecule has 1 aromatic rings. The van der Waals surface area contributed by atoms with E-state index in [1.807, 2.05) is 18.2 Å². The van der Waals surface area contributed by atoms with Gasteiger partial charge in [-0.15, -0.1) is 0 Å². The van der Waals surface area contributed by atoms with E-state index in [0.29, 0.717) is 6.42 Å². The van der Waals surface area contributed by atoms with Gasteiger partial charge in [0.15, 0.2) is 5.78 Å². The van der Waals surface area contributed by atoms with E-state index >= 15 is 0 Å². The highest BCUT2D eigenvalue weighted by atomic mass is 16.5. The molecular weight excluding hydrogens is 188 g/mol. The zero-order chi connectivity index (χ0) is 11.1. The molecule has 0 saturated carbocycles. The Hall–Kier alpha value is -1.31. The van der Waals surface area contributed by atoms with Gasteiger partial charge < -0.3 is 4.74 Å². The molecule has 0 heterocycles. The minimum Gasteiger partial charge on any atom is -0.497 e. The lowest BCUT2D eigenvalue weighted by atomic mass is 9.72. The summed E-state index contributed by atoms with van der Waals surface area (Å²) in [7, 11) is 1.65. The Morgan fingerprint density at radius 1 is 1.33 bits per heavy atom. The summed E-state index contributed by atoms with van der Waals surface area (Å²) >= 11 is 0. The van der Waals surface area contributed by atoms with Gasteiger partial charge in [-0.3, -0.25) is 4.79 Å². The molecule has 0 aliphatic heterocycles. The zero-order valence-corrected chi connectivity index (χ0v) is 9.46. The molecule has 2 rings (SSSR count). The minimum absolute atomic E-state index is 0.0811. The first-order valence-electron chi connectivity index (χ1n) is 5.26. The van der Waals surface area contributed by atoms with Crippen molar-refractivity contribution in [2.24, 2.45) is 0 Å². The van der Waals surface area contributed by atoms with Gasteiger partial charge in [0.2, 0.25) is 0 Å². The Morgan fingerprint density at radius 3 is 2.73 bits per heavy atom. The number of carbonyl (C=O) groups is 1. The summed E-state index contributed by atoms with van der Waals surface area (Å²) in [5.74, 6) is 1.09. The number of methoxy groups -OCH3 is 1. The molecule has 1 aliphatic rings. The Bertz CT molecular complexity index is 405. The second-order valence-corrected chi connectivity index (χ2v) is 4.72. The zero-order valence-electron chi connectivity index (χ0n) is 9.46. The second-order valence-electron chi connectivity index (χ2n) is 4.72. The minimum atomic E-state index is 0.0811. The summed E-state index contributed by atoms with van der Waals surface area (Å²) in [6.45, 7) is 4.36. The van der Waals surface area contributed by atoms with Crippen LogP contribution in [0, 0.1) is 0 Å². The third-order valence-electron chi connectivity index (χ3n) is 3.23. The Morgan fingerprint density at radius 2 is 2.07 bits per heavy atom. The number of ketones is 1. The third-order valence-corrected chi connectivity index (χ3v) is 3.23. The number of hydrogen-bond acceptors (Lipinski definition) is 2. The van der Waals surface area contributed by atoms with Crippen LogP contribution in [0.2, 0.25) is 0 Å². The molecule has 80 valence electrons. The van der Waals surface area contributed by atoms with Crippen molar-refractivity contribution in [1.82, 2.24) is 0 Å². The van der Waals surface area contributed by atoms with Gasteiger partial charge >= 0.3 is 0 Å². The molecule has 1 aliphatic carbocycles. The number of fused-ring (bicyclic) bond motifs is 1. The number of carbonyl (C=O) groups excluding carboxylic acids is 1. The van der Waals surface area contributed by atoms with Crippen molar-refractivity contribution in [3.8, 4) is 5.75 Å². The standard InChI is InChI=1S/C13H16O2/c1-13(2)7-6-12(14)10-5-4-9(15-3)8-11(10)13/h4-5,8H,6-7H2,1-3H3. The topological polar surface area (TPSA) is 26.3 Å². The van der Waals surface area contributed by atoms with Crippen LogP contribution in [0.3, 0.4) is 0 Å². The summed E-state index contributed by atoms with van der Waals surface area (Å²) in [6, 6.07) is 5.74. The fourth-order valence-corrected chi connectivity index (χ4v) is 2.15. The summed E-state index contributed by atoms with van der Waals surface area (Å²) in [5.41, 5.74) is 2.07. The molecule has 0 aromatic heterocycles. The molecule has 0 spiro atoms. The first kappa shape index (κ1) is 10.2. The van der Waals surface area contributed by atoms with E-state index in [0.717, 1.165) is 23.3 Å². The Kier molecular flexibility index (Phi) is 2.29. The van der Waals surface area contributed by atoms with E-state index in [4.69, 9.17) is 4.74 Å². The Balaban J connectivity index is 2.58. The molecule has 0 fully saturated rings. The predicted octanol–water partition coefficient (Wildman–Crippen LogP) is 2.95. The molecule has 0 atom stereocenters. The molecule has 15 heavy (non-hydrogen) atoms. The third kappa shape index (κ3) is 1.65. The summed E-state index contributed by atoms with van der Waals surface area (Å²) in [4.78, 5) is 11.7. The van der Waals surface area contributed by atoms with Crippen LogP contribution >= 0.6 is 0 Å². The highest BCUT2D eigenvalue weighted by Gasteiger charge is 2.31. The predicted molar refractivity (Wildman–Crippen MR) is 59.6 cm³/mol. The van der Waals surface area contributed by atoms with Crippen molar-refractivity contribution in [3.05, 3.63) is 29.3 Å². The van der Waals surface area contributed by atoms with Gasteiger partial charge in [0.1, 0.15) is 5.75 Å². The maximum atomic E-state index is 11.7. The lowest BCUT2D eigenvalue weighted by Crippen LogP contribution is -2.27. The highest BCUT2D eigenvalue weighted by Crippen LogP contribution is 2.38. The van der Waals surface area contributed by atoms with Gasteiger partial charge in [-0.1, -0.05) is 13.8 Å². The van der Waals surface area contributed by atoms with E-state index in [9.17, 15) is 4.79 Å². The maximum absolute atomic E-state index is 11.7. The largest absolute Gasteiger partial charge is 0.497 e. The van der Waals surface area contributed by atoms with Crippen LogP contribution in [-0.2, 0) is 5.41 Å². The van der Waals surface area contributed by atoms with Crippen LogP contribution in [0.25, 0.3) is 0 Å². The molecule has 2 nitrogen and oxygen atoms in total. The van der Waals surface area contributed by atoms with Crippen LogP contribution in [0.5, 0.6) is 5.75 Å². The van der Waals surface area contributed by atoms with Crippen molar-refractivity contribution < 1.29 is 9.53 Å². The van der Waals surface area contributed by atoms with Crippen molar-refractivity contribution in [3.63, 3.8) is 0 Å². The fraction of sp³-hybridized carbons (Fsp3) is 0.462. The van der Waals surface area contributed by atoms with Crippen molar-refractivity contribution in [2.75, 3.05) is 7.11 Å². The van der Waals surface area contributed by atoms with Crippen LogP contribution in [-0.4, -0.2) is 12.9 Å². The first-order valence-corrected chi connectivity index (χ1v) is 5.26. The highest BCUT2D eigenvalue weighted by molar-refractivity contribution is 5.99. The monoisotopic (exact) mass is 204 g/mol. The number of hydrogen-bond donors (Lipinski definition) is 0. The first-order chi connectivity index (χ1) is 7.04. The van der Waals surface area contributed by atoms with Crippen molar-refractivity contribution >= 4 is 5.78 Å². The molecule has 1 aromatic carbocycles. The van der Waals surface area contributed by atoms with E-state index in [2.05, 4.69) is 13.8 Å². The normalized spacial score (nSPS) is 18.5. The van der Waals surface area contributed by atoms with Gasteiger partial charge in [0, 0.05) is 12.0 Å². The number of ether oxygens (including phenoxy) is 1. The average Bonchev–Trinajstić information content (AvgIpc) is 2.24. The van der Waals surface area contributed by atoms with Crippen LogP contribution in [0.4, 0.5) is 0 Å². The average molecular weight is 204 g/mol. The lowest BCUT2D eigenvalue weighted by Gasteiger charge is -2.31. The molecule has 0 amide bonds. The molecule has 0 saturated heterocycles. The second kappa shape index (κ2) is 3.37. The molecular formula is C13H16O2. The summed E-state index contributed by atoms with van der Waals surface area (Å²) < 4.78 is 5.20. The fourth-order valence-electron chi connectivity index (χ4n) is 2.15. The van der Waals surface area contributed by atoms with E-state index in [-0.39, 0.29) is 11.2 Å². The van der Waals surface area contributed by atoms with Crippen LogP contribution in [0.1, 0.15) is 42.6 Å². The summed E-state index contributed by atoms with van der Waals surface area (Å²) in [6.07, 6.45) is 1.58. The van der Waals surface area contributed by atoms with E-state index in [1.54, 1.807) is 7.11 Å². The van der Waals surface area contributed by atoms with E-state index < -0.39 is 0 Å². The van der Waals surface area contributed by atoms with Gasteiger partial charge in [-0.2, -0.15) is 0 Å². The van der Waals surface area contributed by atoms with Gasteiger partial charge in [0.05, 0.1) is 7.11 Å². The molecule has 0 unspecified atom stereocenters. The van der Waals surface area contributed by atoms with Gasteiger partial charge in [-0.25, -0.2) is 0 Å². The quantitative estimate of drug-likeness (QED) is 0.703. The molecule has 0 radical (unpaired) electrons. The van der Waals surface area contributed by atoms with Crippen LogP contribution < -0.4 is 4.74 Å². The lowest BCUT2D eigenvalue weighted by molar-refractivity contribution is 0.0956. The smallest absolute Gasteiger partial charge is 0.163 e.